The molecule has 0 fully saturated rings. The van der Waals surface area contributed by atoms with Crippen LogP contribution < -0.4 is 5.56 Å². The summed E-state index contributed by atoms with van der Waals surface area (Å²) in [4.78, 5) is 26.5. The molecule has 0 spiro atoms. The van der Waals surface area contributed by atoms with Crippen LogP contribution in [0.3, 0.4) is 0 Å². The minimum absolute atomic E-state index is 0.0357. The number of aromatic nitrogens is 2. The Morgan fingerprint density at radius 1 is 1.35 bits per heavy atom. The third-order valence-electron chi connectivity index (χ3n) is 5.13. The summed E-state index contributed by atoms with van der Waals surface area (Å²) in [6.07, 6.45) is 1.06. The zero-order valence-corrected chi connectivity index (χ0v) is 16.3. The number of rotatable bonds is 4. The quantitative estimate of drug-likeness (QED) is 0.769. The number of thiophene rings is 1. The number of hydrogen-bond donors (Lipinski definition) is 1. The van der Waals surface area contributed by atoms with Crippen molar-refractivity contribution >= 4 is 21.6 Å². The molecule has 1 N–H and O–H groups in total. The number of fused-ring (bicyclic) bond motifs is 2. The molecule has 0 radical (unpaired) electrons. The molecule has 1 unspecified atom stereocenters. The molecule has 6 heteroatoms. The zero-order chi connectivity index (χ0) is 18.3. The molecule has 1 aliphatic heterocycles. The summed E-state index contributed by atoms with van der Waals surface area (Å²) in [5.41, 5.74) is 2.84. The van der Waals surface area contributed by atoms with Gasteiger partial charge in [0, 0.05) is 24.0 Å². The molecule has 4 rings (SSSR count). The zero-order valence-electron chi connectivity index (χ0n) is 15.5. The Labute approximate surface area is 157 Å². The van der Waals surface area contributed by atoms with Gasteiger partial charge in [0.1, 0.15) is 10.7 Å². The van der Waals surface area contributed by atoms with Gasteiger partial charge in [0.15, 0.2) is 0 Å². The van der Waals surface area contributed by atoms with Gasteiger partial charge in [0.25, 0.3) is 5.56 Å². The number of aryl methyl sites for hydroxylation is 1. The Balaban J connectivity index is 1.47. The van der Waals surface area contributed by atoms with Crippen molar-refractivity contribution < 1.29 is 0 Å². The summed E-state index contributed by atoms with van der Waals surface area (Å²) in [6.45, 7) is 4.59. The molecule has 0 amide bonds. The monoisotopic (exact) mass is 368 g/mol. The average Bonchev–Trinajstić information content (AvgIpc) is 2.96. The van der Waals surface area contributed by atoms with Crippen LogP contribution in [-0.2, 0) is 19.5 Å². The van der Waals surface area contributed by atoms with Crippen molar-refractivity contribution in [1.82, 2.24) is 19.8 Å². The predicted octanol–water partition coefficient (Wildman–Crippen LogP) is 2.78. The lowest BCUT2D eigenvalue weighted by atomic mass is 9.94. The summed E-state index contributed by atoms with van der Waals surface area (Å²) in [5.74, 6) is 0.741. The molecule has 2 aromatic heterocycles. The van der Waals surface area contributed by atoms with Crippen molar-refractivity contribution in [2.24, 2.45) is 0 Å². The Kier molecular flexibility index (Phi) is 4.65. The molecule has 1 aromatic carbocycles. The molecule has 3 aromatic rings. The van der Waals surface area contributed by atoms with Crippen LogP contribution in [0.2, 0.25) is 0 Å². The second kappa shape index (κ2) is 6.95. The number of nitrogens with zero attached hydrogens (tertiary/aromatic N) is 3. The van der Waals surface area contributed by atoms with E-state index >= 15 is 0 Å². The number of H-pyrrole nitrogens is 1. The lowest BCUT2D eigenvalue weighted by Gasteiger charge is -2.36. The van der Waals surface area contributed by atoms with Crippen molar-refractivity contribution in [1.29, 1.82) is 0 Å². The van der Waals surface area contributed by atoms with Crippen LogP contribution in [0.4, 0.5) is 0 Å². The first-order chi connectivity index (χ1) is 12.5. The summed E-state index contributed by atoms with van der Waals surface area (Å²) in [6, 6.07) is 11.1. The highest BCUT2D eigenvalue weighted by molar-refractivity contribution is 7.18. The van der Waals surface area contributed by atoms with Gasteiger partial charge in [-0.25, -0.2) is 4.98 Å². The van der Waals surface area contributed by atoms with Crippen LogP contribution in [0, 0.1) is 6.92 Å². The fourth-order valence-corrected chi connectivity index (χ4v) is 4.67. The van der Waals surface area contributed by atoms with Gasteiger partial charge < -0.3 is 4.98 Å². The summed E-state index contributed by atoms with van der Waals surface area (Å²) < 4.78 is 0. The van der Waals surface area contributed by atoms with Crippen LogP contribution in [0.25, 0.3) is 10.2 Å². The largest absolute Gasteiger partial charge is 0.309 e. The highest BCUT2D eigenvalue weighted by Gasteiger charge is 2.24. The maximum absolute atomic E-state index is 12.3. The van der Waals surface area contributed by atoms with E-state index in [2.05, 4.69) is 58.1 Å². The molecule has 136 valence electrons. The number of aromatic amines is 1. The van der Waals surface area contributed by atoms with E-state index in [1.165, 1.54) is 11.1 Å². The molecule has 1 atom stereocenters. The molecule has 0 aliphatic carbocycles. The van der Waals surface area contributed by atoms with E-state index < -0.39 is 0 Å². The molecule has 0 saturated carbocycles. The molecule has 5 nitrogen and oxygen atoms in total. The second-order valence-corrected chi connectivity index (χ2v) is 8.56. The van der Waals surface area contributed by atoms with Crippen molar-refractivity contribution in [2.75, 3.05) is 20.6 Å². The third kappa shape index (κ3) is 3.45. The molecule has 0 saturated heterocycles. The van der Waals surface area contributed by atoms with Gasteiger partial charge in [-0.3, -0.25) is 14.6 Å². The standard InChI is InChI=1S/C20H24N4OS/c1-13-8-17-19(25)21-18(22-20(17)26-13)12-23(2)11-16-9-14-6-4-5-7-15(14)10-24(16)3/h4-8,16H,9-12H2,1-3H3,(H,21,22,25). The molecular formula is C20H24N4OS. The van der Waals surface area contributed by atoms with Crippen LogP contribution in [-0.4, -0.2) is 46.4 Å². The highest BCUT2D eigenvalue weighted by atomic mass is 32.1. The molecule has 0 bridgehead atoms. The van der Waals surface area contributed by atoms with E-state index in [1.807, 2.05) is 13.0 Å². The van der Waals surface area contributed by atoms with Gasteiger partial charge in [-0.15, -0.1) is 11.3 Å². The average molecular weight is 369 g/mol. The Bertz CT molecular complexity index is 993. The molecular weight excluding hydrogens is 344 g/mol. The van der Waals surface area contributed by atoms with Gasteiger partial charge in [0.05, 0.1) is 11.9 Å². The lowest BCUT2D eigenvalue weighted by molar-refractivity contribution is 0.157. The van der Waals surface area contributed by atoms with E-state index in [4.69, 9.17) is 0 Å². The third-order valence-corrected chi connectivity index (χ3v) is 6.08. The molecule has 26 heavy (non-hydrogen) atoms. The van der Waals surface area contributed by atoms with Crippen LogP contribution in [0.5, 0.6) is 0 Å². The van der Waals surface area contributed by atoms with Gasteiger partial charge >= 0.3 is 0 Å². The van der Waals surface area contributed by atoms with Crippen molar-refractivity contribution in [2.45, 2.75) is 32.5 Å². The SMILES string of the molecule is Cc1cc2c(=O)[nH]c(CN(C)CC3Cc4ccccc4CN3C)nc2s1. The number of likely N-dealkylation sites (N-methyl/N-ethyl adjacent to an activating group) is 2. The Morgan fingerprint density at radius 3 is 2.92 bits per heavy atom. The van der Waals surface area contributed by atoms with Gasteiger partial charge in [-0.05, 0) is 44.6 Å². The fourth-order valence-electron chi connectivity index (χ4n) is 3.77. The van der Waals surface area contributed by atoms with E-state index in [9.17, 15) is 4.79 Å². The first-order valence-corrected chi connectivity index (χ1v) is 9.76. The van der Waals surface area contributed by atoms with Crippen molar-refractivity contribution in [3.8, 4) is 0 Å². The summed E-state index contributed by atoms with van der Waals surface area (Å²) >= 11 is 1.58. The van der Waals surface area contributed by atoms with Crippen LogP contribution in [0.15, 0.2) is 35.1 Å². The summed E-state index contributed by atoms with van der Waals surface area (Å²) in [7, 11) is 4.28. The van der Waals surface area contributed by atoms with E-state index in [1.54, 1.807) is 11.3 Å². The van der Waals surface area contributed by atoms with Crippen molar-refractivity contribution in [3.05, 3.63) is 62.5 Å². The first kappa shape index (κ1) is 17.4. The van der Waals surface area contributed by atoms with Crippen LogP contribution >= 0.6 is 11.3 Å². The Morgan fingerprint density at radius 2 is 2.12 bits per heavy atom. The van der Waals surface area contributed by atoms with E-state index in [0.717, 1.165) is 35.0 Å². The molecule has 3 heterocycles. The molecule has 1 aliphatic rings. The van der Waals surface area contributed by atoms with Gasteiger partial charge in [-0.2, -0.15) is 0 Å². The minimum Gasteiger partial charge on any atom is -0.309 e. The highest BCUT2D eigenvalue weighted by Crippen LogP contribution is 2.23. The maximum atomic E-state index is 12.3. The smallest absolute Gasteiger partial charge is 0.259 e. The maximum Gasteiger partial charge on any atom is 0.259 e. The second-order valence-electron chi connectivity index (χ2n) is 7.33. The fraction of sp³-hybridized carbons (Fsp3) is 0.400. The lowest BCUT2D eigenvalue weighted by Crippen LogP contribution is -2.44. The van der Waals surface area contributed by atoms with E-state index in [-0.39, 0.29) is 5.56 Å². The normalized spacial score (nSPS) is 17.8. The predicted molar refractivity (Wildman–Crippen MR) is 107 cm³/mol. The van der Waals surface area contributed by atoms with Gasteiger partial charge in [0.2, 0.25) is 0 Å². The first-order valence-electron chi connectivity index (χ1n) is 8.94. The van der Waals surface area contributed by atoms with E-state index in [0.29, 0.717) is 18.0 Å². The Hall–Kier alpha value is -2.02. The van der Waals surface area contributed by atoms with Gasteiger partial charge in [-0.1, -0.05) is 24.3 Å². The number of hydrogen-bond acceptors (Lipinski definition) is 5. The van der Waals surface area contributed by atoms with Crippen molar-refractivity contribution in [3.63, 3.8) is 0 Å². The number of nitrogens with one attached hydrogen (secondary N) is 1. The minimum atomic E-state index is -0.0357. The topological polar surface area (TPSA) is 52.2 Å². The number of benzene rings is 1. The van der Waals surface area contributed by atoms with Crippen LogP contribution in [0.1, 0.15) is 21.8 Å². The summed E-state index contributed by atoms with van der Waals surface area (Å²) in [5, 5.41) is 0.697.